The second-order valence-corrected chi connectivity index (χ2v) is 8.48. The standard InChI is InChI=1S/C21H20N6O2S/c1-12-14(13-6-2-3-7-16(13)23-12)10-15-19(22)27-21(24-20(15)29)30-17(25-27)11-18(28)26-8-4-5-9-26/h2-3,6-7,10H,4-5,8-9,11,22H2,1H3/b14-10+. The molecule has 0 atom stereocenters. The van der Waals surface area contributed by atoms with Crippen LogP contribution in [-0.4, -0.2) is 44.2 Å². The Morgan fingerprint density at radius 1 is 1.27 bits per heavy atom. The summed E-state index contributed by atoms with van der Waals surface area (Å²) in [5, 5.41) is 5.06. The van der Waals surface area contributed by atoms with Gasteiger partial charge in [0.15, 0.2) is 0 Å². The molecule has 0 aliphatic carbocycles. The molecule has 2 aromatic heterocycles. The predicted octanol–water partition coefficient (Wildman–Crippen LogP) is 2.54. The van der Waals surface area contributed by atoms with Crippen molar-refractivity contribution < 1.29 is 4.79 Å². The van der Waals surface area contributed by atoms with Crippen LogP contribution in [0, 0.1) is 0 Å². The summed E-state index contributed by atoms with van der Waals surface area (Å²) in [6.45, 7) is 3.49. The molecule has 0 bridgehead atoms. The molecule has 3 aromatic rings. The van der Waals surface area contributed by atoms with Gasteiger partial charge in [-0.05, 0) is 31.9 Å². The summed E-state index contributed by atoms with van der Waals surface area (Å²) in [6.07, 6.45) is 4.00. The average Bonchev–Trinajstić information content (AvgIpc) is 3.44. The van der Waals surface area contributed by atoms with Crippen LogP contribution < -0.4 is 11.3 Å². The van der Waals surface area contributed by atoms with Gasteiger partial charge in [-0.2, -0.15) is 14.6 Å². The van der Waals surface area contributed by atoms with E-state index in [0.29, 0.717) is 9.97 Å². The van der Waals surface area contributed by atoms with Crippen molar-refractivity contribution in [2.75, 3.05) is 18.8 Å². The molecule has 152 valence electrons. The van der Waals surface area contributed by atoms with Gasteiger partial charge in [0, 0.05) is 29.9 Å². The number of carbonyl (C=O) groups is 1. The lowest BCUT2D eigenvalue weighted by molar-refractivity contribution is -0.129. The number of rotatable bonds is 3. The topological polar surface area (TPSA) is 106 Å². The van der Waals surface area contributed by atoms with E-state index in [1.165, 1.54) is 15.9 Å². The largest absolute Gasteiger partial charge is 0.383 e. The summed E-state index contributed by atoms with van der Waals surface area (Å²) in [6, 6.07) is 7.76. The molecule has 1 amide bonds. The van der Waals surface area contributed by atoms with Crippen LogP contribution in [0.1, 0.15) is 35.9 Å². The summed E-state index contributed by atoms with van der Waals surface area (Å²) in [7, 11) is 0. The molecular weight excluding hydrogens is 400 g/mol. The van der Waals surface area contributed by atoms with Crippen LogP contribution in [0.3, 0.4) is 0 Å². The number of nitrogen functional groups attached to an aromatic ring is 1. The van der Waals surface area contributed by atoms with Crippen LogP contribution in [0.25, 0.3) is 16.6 Å². The molecule has 0 spiro atoms. The average molecular weight is 420 g/mol. The third-order valence-electron chi connectivity index (χ3n) is 5.46. The molecule has 1 aromatic carbocycles. The van der Waals surface area contributed by atoms with Gasteiger partial charge in [0.25, 0.3) is 5.56 Å². The van der Waals surface area contributed by atoms with E-state index in [-0.39, 0.29) is 23.7 Å². The quantitative estimate of drug-likeness (QED) is 0.701. The van der Waals surface area contributed by atoms with Gasteiger partial charge in [-0.15, -0.1) is 0 Å². The number of fused-ring (bicyclic) bond motifs is 2. The zero-order valence-electron chi connectivity index (χ0n) is 16.5. The van der Waals surface area contributed by atoms with Gasteiger partial charge in [0.1, 0.15) is 10.8 Å². The fourth-order valence-electron chi connectivity index (χ4n) is 3.90. The Morgan fingerprint density at radius 3 is 2.83 bits per heavy atom. The van der Waals surface area contributed by atoms with Crippen molar-refractivity contribution in [2.45, 2.75) is 26.2 Å². The molecule has 2 aliphatic rings. The van der Waals surface area contributed by atoms with E-state index in [4.69, 9.17) is 5.73 Å². The molecule has 1 fully saturated rings. The summed E-state index contributed by atoms with van der Waals surface area (Å²) in [4.78, 5) is 36.1. The number of hydrogen-bond acceptors (Lipinski definition) is 7. The SMILES string of the molecule is CC1=Nc2ccccc2/C1=C/c1c(N)n2nc(CC(=O)N3CCCC3)sc2nc1=O. The highest BCUT2D eigenvalue weighted by Gasteiger charge is 2.22. The summed E-state index contributed by atoms with van der Waals surface area (Å²) in [5.74, 6) is 0.260. The van der Waals surface area contributed by atoms with Gasteiger partial charge in [-0.25, -0.2) is 0 Å². The third-order valence-corrected chi connectivity index (χ3v) is 6.36. The van der Waals surface area contributed by atoms with Crippen molar-refractivity contribution in [3.05, 3.63) is 50.8 Å². The van der Waals surface area contributed by atoms with Crippen LogP contribution in [-0.2, 0) is 11.2 Å². The molecule has 30 heavy (non-hydrogen) atoms. The van der Waals surface area contributed by atoms with Crippen LogP contribution in [0.5, 0.6) is 0 Å². The summed E-state index contributed by atoms with van der Waals surface area (Å²) < 4.78 is 1.46. The van der Waals surface area contributed by atoms with Crippen molar-refractivity contribution in [2.24, 2.45) is 4.99 Å². The first-order valence-electron chi connectivity index (χ1n) is 9.84. The van der Waals surface area contributed by atoms with Crippen molar-refractivity contribution in [3.8, 4) is 0 Å². The van der Waals surface area contributed by atoms with E-state index in [0.717, 1.165) is 48.5 Å². The number of amides is 1. The van der Waals surface area contributed by atoms with Gasteiger partial charge in [0.2, 0.25) is 10.9 Å². The van der Waals surface area contributed by atoms with Crippen molar-refractivity contribution in [1.29, 1.82) is 0 Å². The lowest BCUT2D eigenvalue weighted by Crippen LogP contribution is -2.29. The highest BCUT2D eigenvalue weighted by Crippen LogP contribution is 2.35. The molecular formula is C21H20N6O2S. The maximum atomic E-state index is 12.7. The van der Waals surface area contributed by atoms with E-state index in [1.807, 2.05) is 36.1 Å². The number of carbonyl (C=O) groups excluding carboxylic acids is 1. The minimum absolute atomic E-state index is 0.0461. The monoisotopic (exact) mass is 420 g/mol. The second kappa shape index (κ2) is 7.17. The molecule has 2 aliphatic heterocycles. The van der Waals surface area contributed by atoms with E-state index >= 15 is 0 Å². The number of benzene rings is 1. The minimum atomic E-state index is -0.418. The number of allylic oxidation sites excluding steroid dienone is 1. The Morgan fingerprint density at radius 2 is 2.03 bits per heavy atom. The molecule has 5 rings (SSSR count). The Labute approximate surface area is 176 Å². The van der Waals surface area contributed by atoms with Crippen LogP contribution in [0.4, 0.5) is 11.5 Å². The number of aromatic nitrogens is 3. The van der Waals surface area contributed by atoms with E-state index < -0.39 is 5.56 Å². The molecule has 0 saturated carbocycles. The first kappa shape index (κ1) is 18.7. The first-order valence-corrected chi connectivity index (χ1v) is 10.7. The lowest BCUT2D eigenvalue weighted by atomic mass is 10.0. The molecule has 0 radical (unpaired) electrons. The van der Waals surface area contributed by atoms with Gasteiger partial charge in [0.05, 0.1) is 17.7 Å². The van der Waals surface area contributed by atoms with Crippen LogP contribution >= 0.6 is 11.3 Å². The van der Waals surface area contributed by atoms with Crippen molar-refractivity contribution in [1.82, 2.24) is 19.5 Å². The van der Waals surface area contributed by atoms with Crippen molar-refractivity contribution in [3.63, 3.8) is 0 Å². The zero-order valence-corrected chi connectivity index (χ0v) is 17.3. The number of aliphatic imine (C=N–C) groups is 1. The molecule has 2 N–H and O–H groups in total. The minimum Gasteiger partial charge on any atom is -0.383 e. The van der Waals surface area contributed by atoms with Gasteiger partial charge < -0.3 is 10.6 Å². The van der Waals surface area contributed by atoms with Gasteiger partial charge >= 0.3 is 0 Å². The second-order valence-electron chi connectivity index (χ2n) is 7.44. The highest BCUT2D eigenvalue weighted by molar-refractivity contribution is 7.16. The van der Waals surface area contributed by atoms with E-state index in [9.17, 15) is 9.59 Å². The number of anilines is 1. The maximum Gasteiger partial charge on any atom is 0.283 e. The molecule has 1 saturated heterocycles. The van der Waals surface area contributed by atoms with E-state index in [1.54, 1.807) is 6.08 Å². The zero-order chi connectivity index (χ0) is 20.8. The highest BCUT2D eigenvalue weighted by atomic mass is 32.1. The fourth-order valence-corrected chi connectivity index (χ4v) is 4.78. The number of likely N-dealkylation sites (tertiary alicyclic amines) is 1. The molecule has 8 nitrogen and oxygen atoms in total. The van der Waals surface area contributed by atoms with E-state index in [2.05, 4.69) is 15.1 Å². The summed E-state index contributed by atoms with van der Waals surface area (Å²) in [5.41, 5.74) is 9.65. The number of nitrogens with zero attached hydrogens (tertiary/aromatic N) is 5. The third kappa shape index (κ3) is 3.11. The Bertz CT molecular complexity index is 1300. The van der Waals surface area contributed by atoms with Crippen LogP contribution in [0.15, 0.2) is 34.1 Å². The molecule has 9 heteroatoms. The molecule has 0 unspecified atom stereocenters. The lowest BCUT2D eigenvalue weighted by Gasteiger charge is -2.13. The number of hydrogen-bond donors (Lipinski definition) is 1. The Balaban J connectivity index is 1.54. The Kier molecular flexibility index (Phi) is 4.47. The summed E-state index contributed by atoms with van der Waals surface area (Å²) >= 11 is 1.22. The fraction of sp³-hybridized carbons (Fsp3) is 0.286. The predicted molar refractivity (Wildman–Crippen MR) is 118 cm³/mol. The van der Waals surface area contributed by atoms with Crippen molar-refractivity contribution >= 4 is 51.1 Å². The normalized spacial score (nSPS) is 17.0. The maximum absolute atomic E-state index is 12.7. The van der Waals surface area contributed by atoms with Gasteiger partial charge in [-0.1, -0.05) is 29.5 Å². The molecule has 4 heterocycles. The first-order chi connectivity index (χ1) is 14.5. The van der Waals surface area contributed by atoms with Crippen LogP contribution in [0.2, 0.25) is 0 Å². The number of para-hydroxylation sites is 1. The Hall–Kier alpha value is -3.33. The van der Waals surface area contributed by atoms with Gasteiger partial charge in [-0.3, -0.25) is 14.6 Å². The number of nitrogens with two attached hydrogens (primary N) is 1. The smallest absolute Gasteiger partial charge is 0.283 e.